The number of hydrogen-bond acceptors (Lipinski definition) is 4. The highest BCUT2D eigenvalue weighted by atomic mass is 16.6. The second-order valence-electron chi connectivity index (χ2n) is 5.04. The van der Waals surface area contributed by atoms with Gasteiger partial charge in [-0.25, -0.2) is 4.79 Å². The summed E-state index contributed by atoms with van der Waals surface area (Å²) in [6.07, 6.45) is -0.442. The molecule has 0 aliphatic heterocycles. The third kappa shape index (κ3) is 5.07. The molecular weight excluding hydrogens is 246 g/mol. The summed E-state index contributed by atoms with van der Waals surface area (Å²) in [6.45, 7) is 5.84. The first-order valence-electron chi connectivity index (χ1n) is 6.03. The topological polar surface area (TPSA) is 56.8 Å². The Morgan fingerprint density at radius 2 is 1.79 bits per heavy atom. The third-order valence-corrected chi connectivity index (χ3v) is 2.28. The normalized spacial score (nSPS) is 10.8. The summed E-state index contributed by atoms with van der Waals surface area (Å²) < 4.78 is 15.5. The van der Waals surface area contributed by atoms with Crippen LogP contribution in [0.5, 0.6) is 11.5 Å². The van der Waals surface area contributed by atoms with E-state index < -0.39 is 11.7 Å². The molecule has 19 heavy (non-hydrogen) atoms. The second-order valence-corrected chi connectivity index (χ2v) is 5.04. The molecule has 1 aromatic carbocycles. The zero-order valence-electron chi connectivity index (χ0n) is 12.1. The van der Waals surface area contributed by atoms with Gasteiger partial charge in [0.15, 0.2) is 11.5 Å². The monoisotopic (exact) mass is 267 g/mol. The second kappa shape index (κ2) is 6.31. The van der Waals surface area contributed by atoms with Crippen LogP contribution in [0, 0.1) is 0 Å². The van der Waals surface area contributed by atoms with E-state index in [1.54, 1.807) is 20.3 Å². The molecule has 0 aromatic heterocycles. The van der Waals surface area contributed by atoms with Crippen LogP contribution in [0.3, 0.4) is 0 Å². The van der Waals surface area contributed by atoms with E-state index in [9.17, 15) is 4.79 Å². The molecule has 0 radical (unpaired) electrons. The molecular formula is C14H21NO4. The molecule has 0 fully saturated rings. The van der Waals surface area contributed by atoms with E-state index in [-0.39, 0.29) is 0 Å². The van der Waals surface area contributed by atoms with Crippen LogP contribution in [0.2, 0.25) is 0 Å². The number of ether oxygens (including phenoxy) is 3. The summed E-state index contributed by atoms with van der Waals surface area (Å²) >= 11 is 0. The van der Waals surface area contributed by atoms with Gasteiger partial charge >= 0.3 is 6.09 Å². The number of amides is 1. The maximum Gasteiger partial charge on any atom is 0.407 e. The number of benzene rings is 1. The Hall–Kier alpha value is -1.91. The van der Waals surface area contributed by atoms with E-state index in [0.29, 0.717) is 18.0 Å². The van der Waals surface area contributed by atoms with Crippen LogP contribution >= 0.6 is 0 Å². The lowest BCUT2D eigenvalue weighted by atomic mass is 10.2. The molecule has 1 N–H and O–H groups in total. The molecule has 0 heterocycles. The number of rotatable bonds is 4. The number of methoxy groups -OCH3 is 2. The van der Waals surface area contributed by atoms with E-state index in [1.807, 2.05) is 32.9 Å². The Kier molecular flexibility index (Phi) is 5.03. The van der Waals surface area contributed by atoms with Crippen LogP contribution in [-0.2, 0) is 11.3 Å². The van der Waals surface area contributed by atoms with Crippen LogP contribution in [-0.4, -0.2) is 25.9 Å². The van der Waals surface area contributed by atoms with Gasteiger partial charge in [-0.05, 0) is 38.5 Å². The van der Waals surface area contributed by atoms with Crippen LogP contribution in [0.25, 0.3) is 0 Å². The average Bonchev–Trinajstić information content (AvgIpc) is 2.33. The van der Waals surface area contributed by atoms with E-state index >= 15 is 0 Å². The molecule has 0 aliphatic rings. The summed E-state index contributed by atoms with van der Waals surface area (Å²) in [6, 6.07) is 5.47. The van der Waals surface area contributed by atoms with Gasteiger partial charge in [0.05, 0.1) is 14.2 Å². The average molecular weight is 267 g/mol. The highest BCUT2D eigenvalue weighted by Crippen LogP contribution is 2.27. The Morgan fingerprint density at radius 1 is 1.16 bits per heavy atom. The zero-order valence-corrected chi connectivity index (χ0v) is 12.1. The third-order valence-electron chi connectivity index (χ3n) is 2.28. The molecule has 5 nitrogen and oxygen atoms in total. The van der Waals surface area contributed by atoms with Gasteiger partial charge in [-0.3, -0.25) is 0 Å². The summed E-state index contributed by atoms with van der Waals surface area (Å²) in [7, 11) is 3.15. The van der Waals surface area contributed by atoms with Crippen LogP contribution in [0.1, 0.15) is 26.3 Å². The smallest absolute Gasteiger partial charge is 0.407 e. The van der Waals surface area contributed by atoms with Crippen molar-refractivity contribution in [3.05, 3.63) is 23.8 Å². The quantitative estimate of drug-likeness (QED) is 0.911. The number of carbonyl (C=O) groups is 1. The van der Waals surface area contributed by atoms with Crippen LogP contribution in [0.15, 0.2) is 18.2 Å². The van der Waals surface area contributed by atoms with Crippen molar-refractivity contribution in [1.82, 2.24) is 5.32 Å². The van der Waals surface area contributed by atoms with Gasteiger partial charge in [0.1, 0.15) is 5.60 Å². The molecule has 106 valence electrons. The first-order valence-corrected chi connectivity index (χ1v) is 6.03. The summed E-state index contributed by atoms with van der Waals surface area (Å²) in [5.74, 6) is 1.29. The minimum absolute atomic E-state index is 0.370. The van der Waals surface area contributed by atoms with Crippen molar-refractivity contribution in [1.29, 1.82) is 0 Å². The lowest BCUT2D eigenvalue weighted by molar-refractivity contribution is 0.0523. The van der Waals surface area contributed by atoms with Crippen LogP contribution in [0.4, 0.5) is 4.79 Å². The molecule has 0 unspecified atom stereocenters. The standard InChI is InChI=1S/C14H21NO4/c1-14(2,3)19-13(16)15-9-10-6-7-11(17-4)12(8-10)18-5/h6-8H,9H2,1-5H3,(H,15,16). The minimum Gasteiger partial charge on any atom is -0.493 e. The Morgan fingerprint density at radius 3 is 2.32 bits per heavy atom. The predicted molar refractivity (Wildman–Crippen MR) is 72.6 cm³/mol. The molecule has 0 bridgehead atoms. The van der Waals surface area contributed by atoms with E-state index in [0.717, 1.165) is 5.56 Å². The van der Waals surface area contributed by atoms with Gasteiger partial charge in [-0.15, -0.1) is 0 Å². The Balaban J connectivity index is 2.61. The highest BCUT2D eigenvalue weighted by Gasteiger charge is 2.15. The van der Waals surface area contributed by atoms with Gasteiger partial charge in [0, 0.05) is 6.54 Å². The Labute approximate surface area is 113 Å². The summed E-state index contributed by atoms with van der Waals surface area (Å²) in [5.41, 5.74) is 0.408. The van der Waals surface area contributed by atoms with E-state index in [4.69, 9.17) is 14.2 Å². The van der Waals surface area contributed by atoms with Crippen molar-refractivity contribution in [2.24, 2.45) is 0 Å². The van der Waals surface area contributed by atoms with Crippen molar-refractivity contribution < 1.29 is 19.0 Å². The molecule has 1 aromatic rings. The van der Waals surface area contributed by atoms with Crippen molar-refractivity contribution in [3.8, 4) is 11.5 Å². The predicted octanol–water partition coefficient (Wildman–Crippen LogP) is 2.73. The fourth-order valence-electron chi connectivity index (χ4n) is 1.48. The molecule has 1 amide bonds. The molecule has 0 atom stereocenters. The molecule has 0 spiro atoms. The largest absolute Gasteiger partial charge is 0.493 e. The lowest BCUT2D eigenvalue weighted by Crippen LogP contribution is -2.32. The fourth-order valence-corrected chi connectivity index (χ4v) is 1.48. The molecule has 1 rings (SSSR count). The van der Waals surface area contributed by atoms with Gasteiger partial charge < -0.3 is 19.5 Å². The molecule has 0 saturated heterocycles. The van der Waals surface area contributed by atoms with Crippen LogP contribution < -0.4 is 14.8 Å². The van der Waals surface area contributed by atoms with E-state index in [1.165, 1.54) is 0 Å². The fraction of sp³-hybridized carbons (Fsp3) is 0.500. The van der Waals surface area contributed by atoms with E-state index in [2.05, 4.69) is 5.32 Å². The summed E-state index contributed by atoms with van der Waals surface area (Å²) in [4.78, 5) is 11.5. The maximum atomic E-state index is 11.5. The van der Waals surface area contributed by atoms with Gasteiger partial charge in [-0.2, -0.15) is 0 Å². The van der Waals surface area contributed by atoms with Crippen molar-refractivity contribution >= 4 is 6.09 Å². The SMILES string of the molecule is COc1ccc(CNC(=O)OC(C)(C)C)cc1OC. The van der Waals surface area contributed by atoms with Gasteiger partial charge in [0.2, 0.25) is 0 Å². The molecule has 0 aliphatic carbocycles. The van der Waals surface area contributed by atoms with Crippen molar-refractivity contribution in [2.45, 2.75) is 32.9 Å². The Bertz CT molecular complexity index is 438. The van der Waals surface area contributed by atoms with Crippen molar-refractivity contribution in [3.63, 3.8) is 0 Å². The molecule has 5 heteroatoms. The lowest BCUT2D eigenvalue weighted by Gasteiger charge is -2.19. The number of hydrogen-bond donors (Lipinski definition) is 1. The summed E-state index contributed by atoms with van der Waals surface area (Å²) in [5, 5.41) is 2.69. The highest BCUT2D eigenvalue weighted by molar-refractivity contribution is 5.67. The first-order chi connectivity index (χ1) is 8.85. The van der Waals surface area contributed by atoms with Gasteiger partial charge in [-0.1, -0.05) is 6.07 Å². The number of nitrogens with one attached hydrogen (secondary N) is 1. The molecule has 0 saturated carbocycles. The maximum absolute atomic E-state index is 11.5. The number of carbonyl (C=O) groups excluding carboxylic acids is 1. The minimum atomic E-state index is -0.498. The number of alkyl carbamates (subject to hydrolysis) is 1. The first kappa shape index (κ1) is 15.1. The van der Waals surface area contributed by atoms with Gasteiger partial charge in [0.25, 0.3) is 0 Å². The zero-order chi connectivity index (χ0) is 14.5. The van der Waals surface area contributed by atoms with Crippen molar-refractivity contribution in [2.75, 3.05) is 14.2 Å².